The largest absolute Gasteiger partial charge is 0.394 e. The molecule has 12 nitrogen and oxygen atoms in total. The average Bonchev–Trinajstić information content (AvgIpc) is 3.95. The van der Waals surface area contributed by atoms with Gasteiger partial charge in [0.1, 0.15) is 0 Å². The van der Waals surface area contributed by atoms with Crippen LogP contribution >= 0.6 is 0 Å². The Bertz CT molecular complexity index is 3020. The van der Waals surface area contributed by atoms with Crippen LogP contribution in [0.4, 0.5) is 9.80 Å². The molecule has 3 aliphatic heterocycles. The Balaban J connectivity index is 1.06. The molecule has 0 radical (unpaired) electrons. The summed E-state index contributed by atoms with van der Waals surface area (Å²) in [7, 11) is -3.68. The van der Waals surface area contributed by atoms with Crippen LogP contribution in [0.25, 0.3) is 33.2 Å². The normalized spacial score (nSPS) is 22.4. The van der Waals surface area contributed by atoms with Crippen LogP contribution in [0.15, 0.2) is 125 Å². The first-order valence-corrected chi connectivity index (χ1v) is 23.6. The zero-order valence-electron chi connectivity index (χ0n) is 34.0. The van der Waals surface area contributed by atoms with Gasteiger partial charge in [-0.3, -0.25) is 29.4 Å². The monoisotopic (exact) mass is 836 g/mol. The number of halogens is 1. The fraction of sp³-hybridized carbons (Fsp3) is 0.277. The van der Waals surface area contributed by atoms with Gasteiger partial charge in [-0.05, 0) is 90.8 Å². The molecule has 1 spiro atoms. The number of carbonyl (C=O) groups excluding carboxylic acids is 2. The molecule has 7 aromatic rings. The fourth-order valence-corrected chi connectivity index (χ4v) is 12.8. The number of benzene rings is 5. The number of aliphatic hydroxyl groups excluding tert-OH is 1. The average molecular weight is 837 g/mol. The molecule has 3 N–H and O–H groups in total. The van der Waals surface area contributed by atoms with Crippen LogP contribution < -0.4 is 16.0 Å². The van der Waals surface area contributed by atoms with Crippen molar-refractivity contribution >= 4 is 47.7 Å². The number of amides is 2. The van der Waals surface area contributed by atoms with E-state index in [0.717, 1.165) is 16.7 Å². The number of para-hydroxylation sites is 2. The first-order valence-electron chi connectivity index (χ1n) is 20.7. The first-order chi connectivity index (χ1) is 29.4. The van der Waals surface area contributed by atoms with Crippen molar-refractivity contribution in [2.75, 3.05) is 11.5 Å². The minimum atomic E-state index is -3.68. The van der Waals surface area contributed by atoms with Crippen LogP contribution in [0.2, 0.25) is 18.6 Å². The van der Waals surface area contributed by atoms with E-state index in [-0.39, 0.29) is 36.6 Å². The van der Waals surface area contributed by atoms with Crippen molar-refractivity contribution in [2.45, 2.75) is 69.2 Å². The summed E-state index contributed by atoms with van der Waals surface area (Å²) in [6.45, 7) is 5.19. The van der Waals surface area contributed by atoms with Gasteiger partial charge in [-0.2, -0.15) is 0 Å². The smallest absolute Gasteiger partial charge is 0.279 e. The molecule has 0 saturated carbocycles. The lowest BCUT2D eigenvalue weighted by Gasteiger charge is -2.37. The number of nitrogens with zero attached hydrogens (tertiary/aromatic N) is 4. The maximum atomic E-state index is 16.9. The molecule has 1 fully saturated rings. The zero-order chi connectivity index (χ0) is 42.4. The topological polar surface area (TPSA) is 146 Å². The predicted molar refractivity (Wildman–Crippen MR) is 233 cm³/mol. The lowest BCUT2D eigenvalue weighted by atomic mass is 9.82. The Morgan fingerprint density at radius 3 is 2.08 bits per heavy atom. The summed E-state index contributed by atoms with van der Waals surface area (Å²) in [6.07, 6.45) is -0.649. The van der Waals surface area contributed by atoms with Crippen LogP contribution in [0.5, 0.6) is 0 Å². The van der Waals surface area contributed by atoms with Crippen molar-refractivity contribution in [1.29, 1.82) is 0 Å². The van der Waals surface area contributed by atoms with Crippen LogP contribution in [-0.2, 0) is 39.4 Å². The summed E-state index contributed by atoms with van der Waals surface area (Å²) in [4.78, 5) is 60.3. The first kappa shape index (κ1) is 38.8. The highest BCUT2D eigenvalue weighted by Gasteiger charge is 2.67. The fourth-order valence-electron chi connectivity index (χ4n) is 10.3. The number of nitrogens with one attached hydrogen (secondary N) is 2. The Hall–Kier alpha value is -6.35. The van der Waals surface area contributed by atoms with Crippen molar-refractivity contribution < 1.29 is 23.5 Å². The molecule has 3 aliphatic rings. The van der Waals surface area contributed by atoms with E-state index in [4.69, 9.17) is 4.74 Å². The molecule has 310 valence electrons. The second-order valence-corrected chi connectivity index (χ2v) is 21.0. The summed E-state index contributed by atoms with van der Waals surface area (Å²) in [5, 5.41) is 17.8. The van der Waals surface area contributed by atoms with Crippen molar-refractivity contribution in [3.8, 4) is 11.4 Å². The highest BCUT2D eigenvalue weighted by Crippen LogP contribution is 2.60. The maximum Gasteiger partial charge on any atom is 0.279 e. The second-order valence-electron chi connectivity index (χ2n) is 17.2. The highest BCUT2D eigenvalue weighted by atomic mass is 28.4. The quantitative estimate of drug-likeness (QED) is 0.116. The Labute approximate surface area is 350 Å². The molecule has 0 unspecified atom stereocenters. The zero-order valence-corrected chi connectivity index (χ0v) is 35.0. The third-order valence-electron chi connectivity index (χ3n) is 13.2. The molecule has 10 rings (SSSR count). The number of aromatic nitrogens is 4. The molecule has 2 aromatic heterocycles. The van der Waals surface area contributed by atoms with Crippen molar-refractivity contribution in [2.24, 2.45) is 5.92 Å². The minimum absolute atomic E-state index is 0.0915. The van der Waals surface area contributed by atoms with E-state index in [1.165, 1.54) is 9.36 Å². The molecular weight excluding hydrogens is 792 g/mol. The number of aliphatic hydroxyl groups is 1. The van der Waals surface area contributed by atoms with Crippen LogP contribution in [0, 0.1) is 5.92 Å². The molecule has 1 saturated heterocycles. The van der Waals surface area contributed by atoms with E-state index in [1.807, 2.05) is 85.8 Å². The molecular formula is C47H45FN6O6Si. The van der Waals surface area contributed by atoms with Crippen LogP contribution in [0.1, 0.15) is 35.6 Å². The number of fused-ring (bicyclic) bond motifs is 5. The van der Waals surface area contributed by atoms with Gasteiger partial charge in [0, 0.05) is 23.6 Å². The number of ether oxygens (including phenoxy) is 1. The minimum Gasteiger partial charge on any atom is -0.394 e. The van der Waals surface area contributed by atoms with Gasteiger partial charge in [-0.1, -0.05) is 67.6 Å². The Morgan fingerprint density at radius 2 is 1.44 bits per heavy atom. The van der Waals surface area contributed by atoms with E-state index < -0.39 is 43.5 Å². The summed E-state index contributed by atoms with van der Waals surface area (Å²) in [6, 6.07) is 34.5. The second kappa shape index (κ2) is 14.4. The van der Waals surface area contributed by atoms with Gasteiger partial charge in [0.05, 0.1) is 70.6 Å². The van der Waals surface area contributed by atoms with E-state index in [1.54, 1.807) is 59.3 Å². The lowest BCUT2D eigenvalue weighted by molar-refractivity contribution is -0.151. The molecule has 5 heterocycles. The van der Waals surface area contributed by atoms with Gasteiger partial charge < -0.3 is 23.8 Å². The number of hydrogen-bond donors (Lipinski definition) is 3. The van der Waals surface area contributed by atoms with Crippen LogP contribution in [0.3, 0.4) is 0 Å². The number of aromatic amines is 2. The lowest BCUT2D eigenvalue weighted by Crippen LogP contribution is -2.48. The number of hydrogen-bond acceptors (Lipinski definition) is 6. The molecule has 14 heteroatoms. The predicted octanol–water partition coefficient (Wildman–Crippen LogP) is 6.61. The highest BCUT2D eigenvalue weighted by molar-refractivity contribution is 6.72. The number of anilines is 1. The van der Waals surface area contributed by atoms with Crippen LogP contribution in [-0.4, -0.2) is 68.5 Å². The molecule has 5 atom stereocenters. The van der Waals surface area contributed by atoms with Gasteiger partial charge in [0.2, 0.25) is 14.3 Å². The molecule has 61 heavy (non-hydrogen) atoms. The molecule has 2 amide bonds. The summed E-state index contributed by atoms with van der Waals surface area (Å²) in [5.74, 6) is -1.39. The third kappa shape index (κ3) is 6.14. The summed E-state index contributed by atoms with van der Waals surface area (Å²) < 4.78 is 26.9. The third-order valence-corrected chi connectivity index (χ3v) is 15.6. The van der Waals surface area contributed by atoms with Crippen molar-refractivity contribution in [1.82, 2.24) is 24.5 Å². The van der Waals surface area contributed by atoms with Gasteiger partial charge in [-0.15, -0.1) is 0 Å². The van der Waals surface area contributed by atoms with Gasteiger partial charge in [-0.25, -0.2) is 9.36 Å². The molecule has 5 aromatic carbocycles. The Morgan fingerprint density at radius 1 is 0.820 bits per heavy atom. The van der Waals surface area contributed by atoms with Gasteiger partial charge >= 0.3 is 0 Å². The van der Waals surface area contributed by atoms with Gasteiger partial charge in [0.25, 0.3) is 17.0 Å². The van der Waals surface area contributed by atoms with E-state index in [2.05, 4.69) is 10.2 Å². The molecule has 0 bridgehead atoms. The van der Waals surface area contributed by atoms with Gasteiger partial charge in [0.15, 0.2) is 5.60 Å². The van der Waals surface area contributed by atoms with E-state index in [0.29, 0.717) is 57.4 Å². The maximum absolute atomic E-state index is 16.9. The number of carbonyl (C=O) groups is 2. The summed E-state index contributed by atoms with van der Waals surface area (Å²) in [5.41, 5.74) is 3.25. The van der Waals surface area contributed by atoms with Crippen molar-refractivity contribution in [3.63, 3.8) is 0 Å². The number of H-pyrrole nitrogens is 2. The van der Waals surface area contributed by atoms with Crippen molar-refractivity contribution in [3.05, 3.63) is 158 Å². The summed E-state index contributed by atoms with van der Waals surface area (Å²) >= 11 is 0. The van der Waals surface area contributed by atoms with E-state index in [9.17, 15) is 19.5 Å². The standard InChI is InChI=1S/C47H45FN6O6Si/c1-28-43(61(2,3)48)41(24-42(56)51-26-31-13-5-4-12-30(31)22-34(51)27-55)60-47(28)37-23-33(54-45(58)36-16-7-9-18-39(36)50-54)19-20-40(37)52(46(47)59)25-29-11-10-14-32(21-29)53-44(57)35-15-6-8-17-38(35)49-53/h4-21,23,28,34,41,43,49-50,55H,22,24-27H2,1-3H3/t28-,34+,41+,43-,47+/m1/s1. The SMILES string of the molecule is C[C@@H]1[C@@H]([Si](C)(C)F)[C@H](CC(=O)N2Cc3ccccc3C[C@H]2CO)O[C@@]12C(=O)N(Cc1cccc(-n3[nH]c4ccccc4c3=O)c1)c1ccc(-n3[nH]c4ccccc4c3=O)cc12. The van der Waals surface area contributed by atoms with E-state index >= 15 is 8.90 Å². The molecule has 0 aliphatic carbocycles. The Kier molecular flexibility index (Phi) is 9.16. The number of rotatable bonds is 8.